The maximum absolute atomic E-state index is 11.7. The quantitative estimate of drug-likeness (QED) is 0.484. The molecule has 0 fully saturated rings. The van der Waals surface area contributed by atoms with Gasteiger partial charge in [-0.1, -0.05) is 11.8 Å². The van der Waals surface area contributed by atoms with Crippen molar-refractivity contribution in [3.05, 3.63) is 65.2 Å². The van der Waals surface area contributed by atoms with E-state index in [-0.39, 0.29) is 12.6 Å². The van der Waals surface area contributed by atoms with E-state index in [9.17, 15) is 4.79 Å². The fraction of sp³-hybridized carbons (Fsp3) is 0.211. The number of carbonyl (C=O) groups excluding carboxylic acids is 1. The standard InChI is InChI=1S/C19H18O4/c1-21-13-14-23-19(20)17-9-5-15(6-10-17)3-4-16-7-11-18(22-2)12-8-16/h5-12H,13-14H2,1-2H3. The summed E-state index contributed by atoms with van der Waals surface area (Å²) in [6, 6.07) is 14.5. The second-order valence-electron chi connectivity index (χ2n) is 4.68. The van der Waals surface area contributed by atoms with Gasteiger partial charge < -0.3 is 14.2 Å². The lowest BCUT2D eigenvalue weighted by Gasteiger charge is -2.03. The summed E-state index contributed by atoms with van der Waals surface area (Å²) >= 11 is 0. The average molecular weight is 310 g/mol. The summed E-state index contributed by atoms with van der Waals surface area (Å²) in [4.78, 5) is 11.7. The molecule has 118 valence electrons. The first kappa shape index (κ1) is 16.6. The number of hydrogen-bond donors (Lipinski definition) is 0. The second-order valence-corrected chi connectivity index (χ2v) is 4.68. The molecule has 0 bridgehead atoms. The molecule has 0 heterocycles. The Morgan fingerprint density at radius 2 is 1.43 bits per heavy atom. The fourth-order valence-corrected chi connectivity index (χ4v) is 1.81. The molecule has 0 unspecified atom stereocenters. The molecule has 0 amide bonds. The number of ether oxygens (including phenoxy) is 3. The highest BCUT2D eigenvalue weighted by atomic mass is 16.6. The van der Waals surface area contributed by atoms with Crippen molar-refractivity contribution in [3.63, 3.8) is 0 Å². The van der Waals surface area contributed by atoms with Crippen LogP contribution in [0.2, 0.25) is 0 Å². The van der Waals surface area contributed by atoms with Crippen LogP contribution in [0.1, 0.15) is 21.5 Å². The number of carbonyl (C=O) groups is 1. The van der Waals surface area contributed by atoms with Crippen molar-refractivity contribution < 1.29 is 19.0 Å². The van der Waals surface area contributed by atoms with E-state index >= 15 is 0 Å². The van der Waals surface area contributed by atoms with Gasteiger partial charge in [0.2, 0.25) is 0 Å². The SMILES string of the molecule is COCCOC(=O)c1ccc(C#Cc2ccc(OC)cc2)cc1. The van der Waals surface area contributed by atoms with Crippen LogP contribution in [0, 0.1) is 11.8 Å². The van der Waals surface area contributed by atoms with Crippen molar-refractivity contribution in [2.75, 3.05) is 27.4 Å². The summed E-state index contributed by atoms with van der Waals surface area (Å²) < 4.78 is 15.0. The number of rotatable bonds is 5. The van der Waals surface area contributed by atoms with Crippen LogP contribution < -0.4 is 4.74 Å². The molecule has 0 aliphatic rings. The largest absolute Gasteiger partial charge is 0.497 e. The van der Waals surface area contributed by atoms with E-state index < -0.39 is 0 Å². The molecule has 2 rings (SSSR count). The van der Waals surface area contributed by atoms with Crippen LogP contribution in [-0.2, 0) is 9.47 Å². The van der Waals surface area contributed by atoms with Crippen molar-refractivity contribution in [2.24, 2.45) is 0 Å². The highest BCUT2D eigenvalue weighted by molar-refractivity contribution is 5.89. The molecule has 0 atom stereocenters. The highest BCUT2D eigenvalue weighted by Crippen LogP contribution is 2.11. The summed E-state index contributed by atoms with van der Waals surface area (Å²) in [6.45, 7) is 0.630. The lowest BCUT2D eigenvalue weighted by Crippen LogP contribution is -2.09. The third-order valence-corrected chi connectivity index (χ3v) is 3.08. The third-order valence-electron chi connectivity index (χ3n) is 3.08. The van der Waals surface area contributed by atoms with Crippen molar-refractivity contribution in [3.8, 4) is 17.6 Å². The monoisotopic (exact) mass is 310 g/mol. The van der Waals surface area contributed by atoms with E-state index in [1.54, 1.807) is 38.5 Å². The Labute approximate surface area is 136 Å². The van der Waals surface area contributed by atoms with Gasteiger partial charge in [0.1, 0.15) is 12.4 Å². The van der Waals surface area contributed by atoms with Crippen LogP contribution in [0.5, 0.6) is 5.75 Å². The highest BCUT2D eigenvalue weighted by Gasteiger charge is 2.05. The summed E-state index contributed by atoms with van der Waals surface area (Å²) in [5.74, 6) is 6.55. The minimum absolute atomic E-state index is 0.244. The van der Waals surface area contributed by atoms with Crippen LogP contribution in [0.3, 0.4) is 0 Å². The zero-order valence-electron chi connectivity index (χ0n) is 13.2. The van der Waals surface area contributed by atoms with Crippen LogP contribution >= 0.6 is 0 Å². The number of hydrogen-bond acceptors (Lipinski definition) is 4. The lowest BCUT2D eigenvalue weighted by atomic mass is 10.1. The van der Waals surface area contributed by atoms with Crippen molar-refractivity contribution in [1.82, 2.24) is 0 Å². The van der Waals surface area contributed by atoms with Crippen molar-refractivity contribution in [2.45, 2.75) is 0 Å². The van der Waals surface area contributed by atoms with Gasteiger partial charge in [0.15, 0.2) is 0 Å². The maximum atomic E-state index is 11.7. The van der Waals surface area contributed by atoms with Gasteiger partial charge in [0.05, 0.1) is 19.3 Å². The first-order chi connectivity index (χ1) is 11.2. The molecular weight excluding hydrogens is 292 g/mol. The van der Waals surface area contributed by atoms with E-state index in [1.807, 2.05) is 24.3 Å². The Kier molecular flexibility index (Phi) is 6.22. The maximum Gasteiger partial charge on any atom is 0.338 e. The van der Waals surface area contributed by atoms with E-state index in [1.165, 1.54) is 0 Å². The minimum atomic E-state index is -0.364. The molecular formula is C19H18O4. The Hall–Kier alpha value is -2.77. The first-order valence-electron chi connectivity index (χ1n) is 7.15. The molecule has 0 N–H and O–H groups in total. The van der Waals surface area contributed by atoms with Gasteiger partial charge in [0.25, 0.3) is 0 Å². The number of methoxy groups -OCH3 is 2. The molecule has 2 aromatic carbocycles. The molecule has 4 heteroatoms. The van der Waals surface area contributed by atoms with Gasteiger partial charge in [0, 0.05) is 18.2 Å². The molecule has 23 heavy (non-hydrogen) atoms. The molecule has 4 nitrogen and oxygen atoms in total. The predicted molar refractivity (Wildman–Crippen MR) is 87.6 cm³/mol. The summed E-state index contributed by atoms with van der Waals surface area (Å²) in [5.41, 5.74) is 2.22. The third kappa shape index (κ3) is 5.17. The fourth-order valence-electron chi connectivity index (χ4n) is 1.81. The Morgan fingerprint density at radius 3 is 1.96 bits per heavy atom. The molecule has 0 spiro atoms. The van der Waals surface area contributed by atoms with Gasteiger partial charge in [-0.25, -0.2) is 4.79 Å². The molecule has 2 aromatic rings. The molecule has 0 radical (unpaired) electrons. The van der Waals surface area contributed by atoms with E-state index in [0.29, 0.717) is 12.2 Å². The van der Waals surface area contributed by atoms with E-state index in [0.717, 1.165) is 16.9 Å². The van der Waals surface area contributed by atoms with Crippen LogP contribution in [0.15, 0.2) is 48.5 Å². The summed E-state index contributed by atoms with van der Waals surface area (Å²) in [5, 5.41) is 0. The van der Waals surface area contributed by atoms with E-state index in [4.69, 9.17) is 14.2 Å². The Balaban J connectivity index is 1.99. The molecule has 0 saturated carbocycles. The minimum Gasteiger partial charge on any atom is -0.497 e. The van der Waals surface area contributed by atoms with Gasteiger partial charge >= 0.3 is 5.97 Å². The lowest BCUT2D eigenvalue weighted by molar-refractivity contribution is 0.0388. The first-order valence-corrected chi connectivity index (χ1v) is 7.15. The van der Waals surface area contributed by atoms with Crippen LogP contribution in [0.4, 0.5) is 0 Å². The van der Waals surface area contributed by atoms with Gasteiger partial charge in [-0.2, -0.15) is 0 Å². The zero-order chi connectivity index (χ0) is 16.5. The number of esters is 1. The second kappa shape index (κ2) is 8.62. The van der Waals surface area contributed by atoms with Crippen LogP contribution in [-0.4, -0.2) is 33.4 Å². The Morgan fingerprint density at radius 1 is 0.870 bits per heavy atom. The van der Waals surface area contributed by atoms with Gasteiger partial charge in [-0.05, 0) is 48.5 Å². The molecule has 0 aliphatic carbocycles. The molecule has 0 aliphatic heterocycles. The topological polar surface area (TPSA) is 44.8 Å². The normalized spacial score (nSPS) is 9.65. The van der Waals surface area contributed by atoms with E-state index in [2.05, 4.69) is 11.8 Å². The number of benzene rings is 2. The summed E-state index contributed by atoms with van der Waals surface area (Å²) in [6.07, 6.45) is 0. The Bertz CT molecular complexity index is 691. The smallest absolute Gasteiger partial charge is 0.338 e. The summed E-state index contributed by atoms with van der Waals surface area (Å²) in [7, 11) is 3.19. The van der Waals surface area contributed by atoms with Crippen molar-refractivity contribution >= 4 is 5.97 Å². The van der Waals surface area contributed by atoms with Gasteiger partial charge in [-0.15, -0.1) is 0 Å². The predicted octanol–water partition coefficient (Wildman–Crippen LogP) is 2.90. The van der Waals surface area contributed by atoms with Gasteiger partial charge in [-0.3, -0.25) is 0 Å². The average Bonchev–Trinajstić information content (AvgIpc) is 2.61. The zero-order valence-corrected chi connectivity index (χ0v) is 13.2. The molecule has 0 saturated heterocycles. The molecule has 0 aromatic heterocycles. The van der Waals surface area contributed by atoms with Crippen LogP contribution in [0.25, 0.3) is 0 Å². The van der Waals surface area contributed by atoms with Crippen molar-refractivity contribution in [1.29, 1.82) is 0 Å².